The molecular formula is C36H43N7. The standard InChI is InChI=1S/C36H43N7/c1-36(2,3)24-10-12-25(13-11-24)43-32(22-8-14-26-30(20-22)41-34(39-26)28-6-4-18-37-28)16-17-33(43)23-9-15-27-31(21-23)42-35(40-27)29-7-5-19-38-29/h8-15,20-21,28-29,32-33,37-38H,4-7,16-19H2,1-3H3,(H,39,41)(H,40,42)/t28-,29-,32+,33+/m0/s1. The summed E-state index contributed by atoms with van der Waals surface area (Å²) in [4.78, 5) is 19.9. The molecule has 3 saturated heterocycles. The average molecular weight is 574 g/mol. The van der Waals surface area contributed by atoms with Crippen molar-refractivity contribution in [3.05, 3.63) is 89.0 Å². The van der Waals surface area contributed by atoms with Gasteiger partial charge >= 0.3 is 0 Å². The average Bonchev–Trinajstić information content (AvgIpc) is 3.84. The summed E-state index contributed by atoms with van der Waals surface area (Å²) in [6.07, 6.45) is 6.91. The summed E-state index contributed by atoms with van der Waals surface area (Å²) < 4.78 is 0. The highest BCUT2D eigenvalue weighted by molar-refractivity contribution is 5.78. The van der Waals surface area contributed by atoms with Gasteiger partial charge in [0, 0.05) is 5.69 Å². The fourth-order valence-electron chi connectivity index (χ4n) is 7.63. The number of rotatable bonds is 5. The second-order valence-corrected chi connectivity index (χ2v) is 13.9. The van der Waals surface area contributed by atoms with E-state index in [0.717, 1.165) is 72.5 Å². The molecule has 5 heterocycles. The second-order valence-electron chi connectivity index (χ2n) is 13.9. The van der Waals surface area contributed by atoms with Crippen molar-refractivity contribution in [3.8, 4) is 0 Å². The van der Waals surface area contributed by atoms with Crippen LogP contribution >= 0.6 is 0 Å². The van der Waals surface area contributed by atoms with Gasteiger partial charge in [0.2, 0.25) is 0 Å². The zero-order valence-corrected chi connectivity index (χ0v) is 25.6. The van der Waals surface area contributed by atoms with Crippen molar-refractivity contribution >= 4 is 27.8 Å². The Labute approximate surface area is 253 Å². The third-order valence-electron chi connectivity index (χ3n) is 10.0. The molecule has 0 spiro atoms. The zero-order valence-electron chi connectivity index (χ0n) is 25.6. The molecule has 7 heteroatoms. The normalized spacial score (nSPS) is 24.6. The van der Waals surface area contributed by atoms with Crippen molar-refractivity contribution in [2.24, 2.45) is 0 Å². The quantitative estimate of drug-likeness (QED) is 0.173. The Balaban J connectivity index is 1.16. The second kappa shape index (κ2) is 10.5. The van der Waals surface area contributed by atoms with Crippen LogP contribution < -0.4 is 15.5 Å². The number of imidazole rings is 2. The Hall–Kier alpha value is -3.68. The number of aromatic nitrogens is 4. The van der Waals surface area contributed by atoms with Crippen LogP contribution in [-0.2, 0) is 5.41 Å². The van der Waals surface area contributed by atoms with E-state index in [9.17, 15) is 0 Å². The highest BCUT2D eigenvalue weighted by atomic mass is 15.2. The van der Waals surface area contributed by atoms with E-state index in [2.05, 4.69) is 107 Å². The Bertz CT molecular complexity index is 1640. The molecule has 2 aromatic heterocycles. The predicted molar refractivity (Wildman–Crippen MR) is 174 cm³/mol. The summed E-state index contributed by atoms with van der Waals surface area (Å²) in [6, 6.07) is 24.3. The molecule has 3 aromatic carbocycles. The fraction of sp³-hybridized carbons (Fsp3) is 0.444. The summed E-state index contributed by atoms with van der Waals surface area (Å²) in [7, 11) is 0. The Morgan fingerprint density at radius 3 is 1.60 bits per heavy atom. The van der Waals surface area contributed by atoms with Gasteiger partial charge in [-0.25, -0.2) is 9.97 Å². The summed E-state index contributed by atoms with van der Waals surface area (Å²) in [6.45, 7) is 9.00. The first-order chi connectivity index (χ1) is 20.9. The Morgan fingerprint density at radius 2 is 1.16 bits per heavy atom. The Kier molecular flexibility index (Phi) is 6.57. The number of nitrogens with one attached hydrogen (secondary N) is 4. The van der Waals surface area contributed by atoms with E-state index >= 15 is 0 Å². The van der Waals surface area contributed by atoms with Crippen LogP contribution in [0.3, 0.4) is 0 Å². The lowest BCUT2D eigenvalue weighted by Crippen LogP contribution is -2.26. The minimum absolute atomic E-state index is 0.122. The van der Waals surface area contributed by atoms with E-state index in [4.69, 9.17) is 9.97 Å². The van der Waals surface area contributed by atoms with E-state index < -0.39 is 0 Å². The lowest BCUT2D eigenvalue weighted by molar-refractivity contribution is 0.589. The molecule has 0 bridgehead atoms. The number of nitrogens with zero attached hydrogens (tertiary/aromatic N) is 3. The first-order valence-corrected chi connectivity index (χ1v) is 16.3. The molecule has 4 N–H and O–H groups in total. The van der Waals surface area contributed by atoms with E-state index in [-0.39, 0.29) is 17.5 Å². The van der Waals surface area contributed by atoms with Gasteiger partial charge in [0.15, 0.2) is 0 Å². The van der Waals surface area contributed by atoms with E-state index in [1.165, 1.54) is 35.2 Å². The molecule has 7 nitrogen and oxygen atoms in total. The molecule has 8 rings (SSSR count). The monoisotopic (exact) mass is 573 g/mol. The first-order valence-electron chi connectivity index (χ1n) is 16.3. The number of aromatic amines is 2. The van der Waals surface area contributed by atoms with Crippen molar-refractivity contribution in [1.82, 2.24) is 30.6 Å². The molecule has 0 saturated carbocycles. The molecule has 0 aliphatic carbocycles. The van der Waals surface area contributed by atoms with E-state index in [0.29, 0.717) is 12.1 Å². The molecule has 3 fully saturated rings. The number of H-pyrrole nitrogens is 2. The van der Waals surface area contributed by atoms with Crippen LogP contribution in [0.2, 0.25) is 0 Å². The third kappa shape index (κ3) is 4.92. The maximum atomic E-state index is 4.95. The maximum absolute atomic E-state index is 4.95. The van der Waals surface area contributed by atoms with Gasteiger partial charge < -0.3 is 25.5 Å². The molecule has 5 aromatic rings. The fourth-order valence-corrected chi connectivity index (χ4v) is 7.63. The minimum Gasteiger partial charge on any atom is -0.357 e. The van der Waals surface area contributed by atoms with Crippen LogP contribution in [0.1, 0.15) is 112 Å². The van der Waals surface area contributed by atoms with Crippen LogP contribution in [0.4, 0.5) is 5.69 Å². The molecule has 4 atom stereocenters. The van der Waals surface area contributed by atoms with Gasteiger partial charge in [-0.05, 0) is 110 Å². The molecule has 0 unspecified atom stereocenters. The van der Waals surface area contributed by atoms with Crippen molar-refractivity contribution in [2.75, 3.05) is 18.0 Å². The van der Waals surface area contributed by atoms with E-state index in [1.54, 1.807) is 0 Å². The van der Waals surface area contributed by atoms with Crippen LogP contribution in [0.15, 0.2) is 60.7 Å². The van der Waals surface area contributed by atoms with Gasteiger partial charge in [0.1, 0.15) is 11.6 Å². The maximum Gasteiger partial charge on any atom is 0.124 e. The highest BCUT2D eigenvalue weighted by Crippen LogP contribution is 2.48. The van der Waals surface area contributed by atoms with Crippen molar-refractivity contribution in [2.45, 2.75) is 88.9 Å². The van der Waals surface area contributed by atoms with Gasteiger partial charge in [-0.2, -0.15) is 0 Å². The molecule has 0 radical (unpaired) electrons. The molecular weight excluding hydrogens is 530 g/mol. The van der Waals surface area contributed by atoms with Crippen LogP contribution in [-0.4, -0.2) is 33.0 Å². The first kappa shape index (κ1) is 26.9. The molecule has 3 aliphatic rings. The lowest BCUT2D eigenvalue weighted by atomic mass is 9.87. The number of hydrogen-bond donors (Lipinski definition) is 4. The van der Waals surface area contributed by atoms with Crippen molar-refractivity contribution < 1.29 is 0 Å². The van der Waals surface area contributed by atoms with Gasteiger partial charge in [-0.15, -0.1) is 0 Å². The Morgan fingerprint density at radius 1 is 0.651 bits per heavy atom. The summed E-state index contributed by atoms with van der Waals surface area (Å²) in [5.41, 5.74) is 9.85. The van der Waals surface area contributed by atoms with E-state index in [1.807, 2.05) is 0 Å². The van der Waals surface area contributed by atoms with Gasteiger partial charge in [0.25, 0.3) is 0 Å². The predicted octanol–water partition coefficient (Wildman–Crippen LogP) is 7.67. The van der Waals surface area contributed by atoms with Crippen molar-refractivity contribution in [3.63, 3.8) is 0 Å². The third-order valence-corrected chi connectivity index (χ3v) is 10.0. The number of anilines is 1. The lowest BCUT2D eigenvalue weighted by Gasteiger charge is -2.34. The van der Waals surface area contributed by atoms with Crippen LogP contribution in [0, 0.1) is 0 Å². The molecule has 43 heavy (non-hydrogen) atoms. The summed E-state index contributed by atoms with van der Waals surface area (Å²) in [5, 5.41) is 7.18. The molecule has 0 amide bonds. The summed E-state index contributed by atoms with van der Waals surface area (Å²) >= 11 is 0. The smallest absolute Gasteiger partial charge is 0.124 e. The molecule has 3 aliphatic heterocycles. The largest absolute Gasteiger partial charge is 0.357 e. The number of benzene rings is 3. The van der Waals surface area contributed by atoms with Gasteiger partial charge in [-0.1, -0.05) is 45.0 Å². The number of hydrogen-bond acceptors (Lipinski definition) is 5. The topological polar surface area (TPSA) is 84.7 Å². The van der Waals surface area contributed by atoms with Gasteiger partial charge in [-0.3, -0.25) is 0 Å². The van der Waals surface area contributed by atoms with Crippen LogP contribution in [0.5, 0.6) is 0 Å². The van der Waals surface area contributed by atoms with Gasteiger partial charge in [0.05, 0.1) is 46.2 Å². The zero-order chi connectivity index (χ0) is 29.1. The van der Waals surface area contributed by atoms with Crippen LogP contribution in [0.25, 0.3) is 22.1 Å². The minimum atomic E-state index is 0.122. The van der Waals surface area contributed by atoms with Crippen molar-refractivity contribution in [1.29, 1.82) is 0 Å². The highest BCUT2D eigenvalue weighted by Gasteiger charge is 2.36. The SMILES string of the molecule is CC(C)(C)c1ccc(N2[C@@H](c3ccc4nc([C@@H]5CCCN5)[nH]c4c3)CC[C@@H]2c2ccc3nc([C@@H]4CCCN4)[nH]c3c2)cc1. The molecule has 222 valence electrons. The summed E-state index contributed by atoms with van der Waals surface area (Å²) in [5.74, 6) is 2.15. The number of fused-ring (bicyclic) bond motifs is 2.